The summed E-state index contributed by atoms with van der Waals surface area (Å²) in [4.78, 5) is 14.1. The largest absolute Gasteiger partial charge is 0.379 e. The van der Waals surface area contributed by atoms with Crippen molar-refractivity contribution in [2.75, 3.05) is 38.2 Å². The van der Waals surface area contributed by atoms with Crippen LogP contribution in [0.3, 0.4) is 0 Å². The van der Waals surface area contributed by atoms with Crippen molar-refractivity contribution in [1.29, 1.82) is 0 Å². The van der Waals surface area contributed by atoms with E-state index >= 15 is 0 Å². The number of amides is 1. The highest BCUT2D eigenvalue weighted by atomic mass is 16.5. The summed E-state index contributed by atoms with van der Waals surface area (Å²) in [6.07, 6.45) is 1.48. The van der Waals surface area contributed by atoms with Gasteiger partial charge in [0.05, 0.1) is 13.2 Å². The van der Waals surface area contributed by atoms with Gasteiger partial charge in [0.2, 0.25) is 5.91 Å². The van der Waals surface area contributed by atoms with Crippen molar-refractivity contribution in [3.63, 3.8) is 0 Å². The van der Waals surface area contributed by atoms with Gasteiger partial charge in [-0.15, -0.1) is 0 Å². The molecular formula is C15H22N2O2. The van der Waals surface area contributed by atoms with Crippen molar-refractivity contribution in [3.8, 4) is 0 Å². The third kappa shape index (κ3) is 5.01. The van der Waals surface area contributed by atoms with Crippen LogP contribution < -0.4 is 5.32 Å². The zero-order valence-corrected chi connectivity index (χ0v) is 11.5. The summed E-state index contributed by atoms with van der Waals surface area (Å²) < 4.78 is 5.29. The molecule has 1 aromatic rings. The van der Waals surface area contributed by atoms with Crippen LogP contribution >= 0.6 is 0 Å². The molecule has 1 aliphatic rings. The first-order chi connectivity index (χ1) is 9.24. The van der Waals surface area contributed by atoms with Crippen LogP contribution in [-0.4, -0.2) is 43.7 Å². The lowest BCUT2D eigenvalue weighted by atomic mass is 10.2. The van der Waals surface area contributed by atoms with Gasteiger partial charge in [0.25, 0.3) is 0 Å². The molecule has 1 aliphatic heterocycles. The Balaban J connectivity index is 1.65. The predicted molar refractivity (Wildman–Crippen MR) is 76.3 cm³/mol. The summed E-state index contributed by atoms with van der Waals surface area (Å²) in [6.45, 7) is 6.61. The Bertz CT molecular complexity index is 397. The molecule has 19 heavy (non-hydrogen) atoms. The summed E-state index contributed by atoms with van der Waals surface area (Å²) in [7, 11) is 0. The molecule has 1 fully saturated rings. The number of carbonyl (C=O) groups excluding carboxylic acids is 1. The van der Waals surface area contributed by atoms with Crippen molar-refractivity contribution >= 4 is 11.6 Å². The van der Waals surface area contributed by atoms with Gasteiger partial charge < -0.3 is 10.1 Å². The van der Waals surface area contributed by atoms with Crippen molar-refractivity contribution in [2.24, 2.45) is 0 Å². The van der Waals surface area contributed by atoms with Crippen LogP contribution in [0, 0.1) is 6.92 Å². The topological polar surface area (TPSA) is 41.6 Å². The van der Waals surface area contributed by atoms with E-state index in [1.54, 1.807) is 0 Å². The molecule has 0 aliphatic carbocycles. The quantitative estimate of drug-likeness (QED) is 0.883. The van der Waals surface area contributed by atoms with E-state index in [0.717, 1.165) is 45.0 Å². The highest BCUT2D eigenvalue weighted by Gasteiger charge is 2.10. The average molecular weight is 262 g/mol. The number of benzene rings is 1. The van der Waals surface area contributed by atoms with Crippen LogP contribution in [0.1, 0.15) is 18.4 Å². The molecule has 4 heteroatoms. The summed E-state index contributed by atoms with van der Waals surface area (Å²) in [5.74, 6) is 0.0945. The maximum atomic E-state index is 11.8. The Morgan fingerprint density at radius 1 is 1.26 bits per heavy atom. The fourth-order valence-electron chi connectivity index (χ4n) is 2.15. The van der Waals surface area contributed by atoms with E-state index in [0.29, 0.717) is 6.42 Å². The number of ether oxygens (including phenoxy) is 1. The van der Waals surface area contributed by atoms with Crippen molar-refractivity contribution in [3.05, 3.63) is 29.8 Å². The number of morpholine rings is 1. The molecule has 1 N–H and O–H groups in total. The lowest BCUT2D eigenvalue weighted by Crippen LogP contribution is -2.37. The highest BCUT2D eigenvalue weighted by Crippen LogP contribution is 2.09. The first-order valence-electron chi connectivity index (χ1n) is 6.91. The van der Waals surface area contributed by atoms with Crippen molar-refractivity contribution < 1.29 is 9.53 Å². The third-order valence-electron chi connectivity index (χ3n) is 3.32. The number of hydrogen-bond acceptors (Lipinski definition) is 3. The van der Waals surface area contributed by atoms with E-state index in [2.05, 4.69) is 10.2 Å². The normalized spacial score (nSPS) is 16.3. The van der Waals surface area contributed by atoms with E-state index in [1.807, 2.05) is 31.2 Å². The van der Waals surface area contributed by atoms with Gasteiger partial charge in [-0.25, -0.2) is 0 Å². The minimum absolute atomic E-state index is 0.0945. The van der Waals surface area contributed by atoms with Gasteiger partial charge in [0.15, 0.2) is 0 Å². The van der Waals surface area contributed by atoms with Crippen LogP contribution in [0.15, 0.2) is 24.3 Å². The van der Waals surface area contributed by atoms with Gasteiger partial charge in [-0.3, -0.25) is 9.69 Å². The average Bonchev–Trinajstić information content (AvgIpc) is 2.43. The molecule has 1 amide bonds. The van der Waals surface area contributed by atoms with Gasteiger partial charge in [-0.2, -0.15) is 0 Å². The van der Waals surface area contributed by atoms with Crippen molar-refractivity contribution in [2.45, 2.75) is 19.8 Å². The maximum absolute atomic E-state index is 11.8. The lowest BCUT2D eigenvalue weighted by molar-refractivity contribution is -0.116. The molecule has 4 nitrogen and oxygen atoms in total. The Morgan fingerprint density at radius 3 is 2.63 bits per heavy atom. The highest BCUT2D eigenvalue weighted by molar-refractivity contribution is 5.90. The molecule has 1 saturated heterocycles. The standard InChI is InChI=1S/C15H22N2O2/c1-13-4-6-14(7-5-13)16-15(18)3-2-8-17-9-11-19-12-10-17/h4-7H,2-3,8-12H2,1H3,(H,16,18). The van der Waals surface area contributed by atoms with E-state index < -0.39 is 0 Å². The first kappa shape index (κ1) is 14.0. The molecule has 0 spiro atoms. The molecule has 0 bridgehead atoms. The SMILES string of the molecule is Cc1ccc(NC(=O)CCCN2CCOCC2)cc1. The fraction of sp³-hybridized carbons (Fsp3) is 0.533. The van der Waals surface area contributed by atoms with Gasteiger partial charge in [0, 0.05) is 25.2 Å². The van der Waals surface area contributed by atoms with Crippen LogP contribution in [0.2, 0.25) is 0 Å². The summed E-state index contributed by atoms with van der Waals surface area (Å²) in [5.41, 5.74) is 2.08. The Labute approximate surface area is 114 Å². The second-order valence-electron chi connectivity index (χ2n) is 4.97. The first-order valence-corrected chi connectivity index (χ1v) is 6.91. The number of rotatable bonds is 5. The monoisotopic (exact) mass is 262 g/mol. The number of nitrogens with zero attached hydrogens (tertiary/aromatic N) is 1. The van der Waals surface area contributed by atoms with Crippen molar-refractivity contribution in [1.82, 2.24) is 4.90 Å². The number of nitrogens with one attached hydrogen (secondary N) is 1. The second-order valence-corrected chi connectivity index (χ2v) is 4.97. The molecule has 0 atom stereocenters. The number of aryl methyl sites for hydroxylation is 1. The van der Waals surface area contributed by atoms with Crippen LogP contribution in [-0.2, 0) is 9.53 Å². The summed E-state index contributed by atoms with van der Waals surface area (Å²) in [6, 6.07) is 7.89. The van der Waals surface area contributed by atoms with Gasteiger partial charge in [-0.1, -0.05) is 17.7 Å². The van der Waals surface area contributed by atoms with E-state index in [9.17, 15) is 4.79 Å². The minimum atomic E-state index is 0.0945. The predicted octanol–water partition coefficient (Wildman–Crippen LogP) is 2.05. The van der Waals surface area contributed by atoms with E-state index in [1.165, 1.54) is 5.56 Å². The molecule has 1 aromatic carbocycles. The van der Waals surface area contributed by atoms with E-state index in [4.69, 9.17) is 4.74 Å². The smallest absolute Gasteiger partial charge is 0.224 e. The molecule has 0 aromatic heterocycles. The Kier molecular flexibility index (Phi) is 5.36. The molecule has 2 rings (SSSR count). The van der Waals surface area contributed by atoms with Crippen LogP contribution in [0.5, 0.6) is 0 Å². The van der Waals surface area contributed by atoms with Crippen LogP contribution in [0.25, 0.3) is 0 Å². The second kappa shape index (κ2) is 7.26. The molecule has 104 valence electrons. The minimum Gasteiger partial charge on any atom is -0.379 e. The maximum Gasteiger partial charge on any atom is 0.224 e. The molecule has 0 radical (unpaired) electrons. The number of carbonyl (C=O) groups is 1. The van der Waals surface area contributed by atoms with Gasteiger partial charge >= 0.3 is 0 Å². The number of anilines is 1. The summed E-state index contributed by atoms with van der Waals surface area (Å²) in [5, 5.41) is 2.92. The molecule has 1 heterocycles. The number of hydrogen-bond donors (Lipinski definition) is 1. The molecule has 0 saturated carbocycles. The van der Waals surface area contributed by atoms with Gasteiger partial charge in [0.1, 0.15) is 0 Å². The zero-order valence-electron chi connectivity index (χ0n) is 11.5. The van der Waals surface area contributed by atoms with Gasteiger partial charge in [-0.05, 0) is 32.0 Å². The Hall–Kier alpha value is -1.39. The zero-order chi connectivity index (χ0) is 13.5. The molecular weight excluding hydrogens is 240 g/mol. The third-order valence-corrected chi connectivity index (χ3v) is 3.32. The molecule has 0 unspecified atom stereocenters. The Morgan fingerprint density at radius 2 is 1.95 bits per heavy atom. The fourth-order valence-corrected chi connectivity index (χ4v) is 2.15. The van der Waals surface area contributed by atoms with Crippen LogP contribution in [0.4, 0.5) is 5.69 Å². The van der Waals surface area contributed by atoms with E-state index in [-0.39, 0.29) is 5.91 Å². The summed E-state index contributed by atoms with van der Waals surface area (Å²) >= 11 is 0. The lowest BCUT2D eigenvalue weighted by Gasteiger charge is -2.26.